The molecule has 0 bridgehead atoms. The molecular formula is C14H30N2O. The van der Waals surface area contributed by atoms with E-state index in [0.717, 1.165) is 19.6 Å². The maximum atomic E-state index is 9.17. The van der Waals surface area contributed by atoms with Gasteiger partial charge in [0.2, 0.25) is 0 Å². The molecule has 0 saturated heterocycles. The van der Waals surface area contributed by atoms with E-state index in [1.807, 2.05) is 0 Å². The molecule has 3 heteroatoms. The Morgan fingerprint density at radius 2 is 1.88 bits per heavy atom. The van der Waals surface area contributed by atoms with Gasteiger partial charge in [0.1, 0.15) is 0 Å². The number of aliphatic hydroxyl groups is 1. The van der Waals surface area contributed by atoms with Gasteiger partial charge in [-0.25, -0.2) is 0 Å². The predicted molar refractivity (Wildman–Crippen MR) is 73.2 cm³/mol. The van der Waals surface area contributed by atoms with Crippen LogP contribution in [0.4, 0.5) is 0 Å². The number of nitrogens with zero attached hydrogens (tertiary/aromatic N) is 1. The normalized spacial score (nSPS) is 20.1. The van der Waals surface area contributed by atoms with Crippen molar-refractivity contribution in [1.82, 2.24) is 10.2 Å². The minimum Gasteiger partial charge on any atom is -0.395 e. The standard InChI is InChI=1S/C14H30N2O/c1-13(2)16(9-10-17)12-14(11-15-3)7-5-4-6-8-14/h13,15,17H,4-12H2,1-3H3. The van der Waals surface area contributed by atoms with E-state index in [1.54, 1.807) is 0 Å². The van der Waals surface area contributed by atoms with E-state index < -0.39 is 0 Å². The molecule has 1 rings (SSSR count). The highest BCUT2D eigenvalue weighted by Gasteiger charge is 2.33. The summed E-state index contributed by atoms with van der Waals surface area (Å²) in [6.45, 7) is 7.78. The average molecular weight is 242 g/mol. The maximum absolute atomic E-state index is 9.17. The van der Waals surface area contributed by atoms with Crippen molar-refractivity contribution in [3.63, 3.8) is 0 Å². The zero-order valence-electron chi connectivity index (χ0n) is 11.8. The van der Waals surface area contributed by atoms with Crippen LogP contribution < -0.4 is 5.32 Å². The van der Waals surface area contributed by atoms with Crippen LogP contribution in [0, 0.1) is 5.41 Å². The first kappa shape index (κ1) is 14.9. The molecule has 0 atom stereocenters. The fraction of sp³-hybridized carbons (Fsp3) is 1.00. The average Bonchev–Trinajstić information content (AvgIpc) is 2.30. The van der Waals surface area contributed by atoms with Crippen LogP contribution in [0.15, 0.2) is 0 Å². The molecule has 1 saturated carbocycles. The molecule has 3 nitrogen and oxygen atoms in total. The van der Waals surface area contributed by atoms with Crippen LogP contribution in [0.2, 0.25) is 0 Å². The monoisotopic (exact) mass is 242 g/mol. The zero-order chi connectivity index (χ0) is 12.7. The van der Waals surface area contributed by atoms with Crippen molar-refractivity contribution in [2.45, 2.75) is 52.0 Å². The third kappa shape index (κ3) is 4.57. The van der Waals surface area contributed by atoms with Crippen LogP contribution in [0.1, 0.15) is 46.0 Å². The van der Waals surface area contributed by atoms with Gasteiger partial charge in [-0.05, 0) is 39.2 Å². The summed E-state index contributed by atoms with van der Waals surface area (Å²) in [5.74, 6) is 0. The molecule has 0 aromatic heterocycles. The molecule has 0 heterocycles. The fourth-order valence-electron chi connectivity index (χ4n) is 3.15. The zero-order valence-corrected chi connectivity index (χ0v) is 11.8. The molecule has 1 aliphatic carbocycles. The SMILES string of the molecule is CNCC1(CN(CCO)C(C)C)CCCCC1. The van der Waals surface area contributed by atoms with Crippen molar-refractivity contribution in [2.24, 2.45) is 5.41 Å². The fourth-order valence-corrected chi connectivity index (χ4v) is 3.15. The minimum atomic E-state index is 0.272. The van der Waals surface area contributed by atoms with Crippen LogP contribution in [0.25, 0.3) is 0 Å². The van der Waals surface area contributed by atoms with Crippen molar-refractivity contribution in [3.8, 4) is 0 Å². The third-order valence-corrected chi connectivity index (χ3v) is 4.12. The highest BCUT2D eigenvalue weighted by molar-refractivity contribution is 4.88. The number of nitrogens with one attached hydrogen (secondary N) is 1. The second kappa shape index (κ2) is 7.34. The summed E-state index contributed by atoms with van der Waals surface area (Å²) in [7, 11) is 2.06. The molecule has 0 radical (unpaired) electrons. The highest BCUT2D eigenvalue weighted by Crippen LogP contribution is 2.36. The summed E-state index contributed by atoms with van der Waals surface area (Å²) in [5.41, 5.74) is 0.437. The topological polar surface area (TPSA) is 35.5 Å². The Morgan fingerprint density at radius 1 is 1.24 bits per heavy atom. The first-order valence-electron chi connectivity index (χ1n) is 7.13. The Labute approximate surface area is 107 Å². The first-order chi connectivity index (χ1) is 8.13. The molecule has 0 amide bonds. The summed E-state index contributed by atoms with van der Waals surface area (Å²) >= 11 is 0. The van der Waals surface area contributed by atoms with Gasteiger partial charge in [0.15, 0.2) is 0 Å². The molecule has 2 N–H and O–H groups in total. The lowest BCUT2D eigenvalue weighted by Crippen LogP contribution is -2.47. The lowest BCUT2D eigenvalue weighted by Gasteiger charge is -2.42. The van der Waals surface area contributed by atoms with Crippen LogP contribution >= 0.6 is 0 Å². The van der Waals surface area contributed by atoms with Crippen molar-refractivity contribution in [2.75, 3.05) is 33.3 Å². The van der Waals surface area contributed by atoms with Crippen LogP contribution in [0.3, 0.4) is 0 Å². The molecule has 0 aliphatic heterocycles. The van der Waals surface area contributed by atoms with Gasteiger partial charge in [-0.1, -0.05) is 19.3 Å². The van der Waals surface area contributed by atoms with Gasteiger partial charge in [0.05, 0.1) is 6.61 Å². The van der Waals surface area contributed by atoms with Crippen molar-refractivity contribution in [3.05, 3.63) is 0 Å². The van der Waals surface area contributed by atoms with Crippen LogP contribution in [0.5, 0.6) is 0 Å². The van der Waals surface area contributed by atoms with E-state index in [4.69, 9.17) is 0 Å². The largest absolute Gasteiger partial charge is 0.395 e. The van der Waals surface area contributed by atoms with E-state index in [1.165, 1.54) is 32.1 Å². The van der Waals surface area contributed by atoms with E-state index in [2.05, 4.69) is 31.1 Å². The summed E-state index contributed by atoms with van der Waals surface area (Å²) in [6, 6.07) is 0.526. The number of hydrogen-bond donors (Lipinski definition) is 2. The van der Waals surface area contributed by atoms with E-state index in [9.17, 15) is 5.11 Å². The molecule has 0 aromatic rings. The van der Waals surface area contributed by atoms with Crippen molar-refractivity contribution < 1.29 is 5.11 Å². The van der Waals surface area contributed by atoms with Crippen LogP contribution in [-0.2, 0) is 0 Å². The first-order valence-corrected chi connectivity index (χ1v) is 7.13. The second-order valence-electron chi connectivity index (χ2n) is 5.88. The molecule has 0 aromatic carbocycles. The molecule has 0 unspecified atom stereocenters. The van der Waals surface area contributed by atoms with Gasteiger partial charge >= 0.3 is 0 Å². The molecule has 0 spiro atoms. The second-order valence-corrected chi connectivity index (χ2v) is 5.88. The van der Waals surface area contributed by atoms with E-state index in [-0.39, 0.29) is 6.61 Å². The minimum absolute atomic E-state index is 0.272. The summed E-state index contributed by atoms with van der Waals surface area (Å²) < 4.78 is 0. The van der Waals surface area contributed by atoms with E-state index in [0.29, 0.717) is 11.5 Å². The molecule has 17 heavy (non-hydrogen) atoms. The molecule has 1 fully saturated rings. The Morgan fingerprint density at radius 3 is 2.35 bits per heavy atom. The van der Waals surface area contributed by atoms with Gasteiger partial charge in [0.25, 0.3) is 0 Å². The van der Waals surface area contributed by atoms with Crippen molar-refractivity contribution >= 4 is 0 Å². The summed E-state index contributed by atoms with van der Waals surface area (Å²) in [4.78, 5) is 2.43. The van der Waals surface area contributed by atoms with Gasteiger partial charge in [-0.15, -0.1) is 0 Å². The van der Waals surface area contributed by atoms with Gasteiger partial charge in [-0.3, -0.25) is 4.90 Å². The summed E-state index contributed by atoms with van der Waals surface area (Å²) in [5, 5.41) is 12.5. The molecule has 102 valence electrons. The highest BCUT2D eigenvalue weighted by atomic mass is 16.3. The Hall–Kier alpha value is -0.120. The van der Waals surface area contributed by atoms with Gasteiger partial charge in [-0.2, -0.15) is 0 Å². The smallest absolute Gasteiger partial charge is 0.0558 e. The number of aliphatic hydroxyl groups excluding tert-OH is 1. The number of rotatable bonds is 7. The third-order valence-electron chi connectivity index (χ3n) is 4.12. The Balaban J connectivity index is 2.62. The van der Waals surface area contributed by atoms with Crippen LogP contribution in [-0.4, -0.2) is 49.3 Å². The van der Waals surface area contributed by atoms with E-state index >= 15 is 0 Å². The summed E-state index contributed by atoms with van der Waals surface area (Å²) in [6.07, 6.45) is 6.80. The maximum Gasteiger partial charge on any atom is 0.0558 e. The van der Waals surface area contributed by atoms with Crippen molar-refractivity contribution in [1.29, 1.82) is 0 Å². The molecular weight excluding hydrogens is 212 g/mol. The van der Waals surface area contributed by atoms with Gasteiger partial charge < -0.3 is 10.4 Å². The quantitative estimate of drug-likeness (QED) is 0.715. The number of hydrogen-bond acceptors (Lipinski definition) is 3. The van der Waals surface area contributed by atoms with Gasteiger partial charge in [0, 0.05) is 25.7 Å². The lowest BCUT2D eigenvalue weighted by atomic mass is 9.73. The molecule has 1 aliphatic rings. The Kier molecular flexibility index (Phi) is 6.45. The predicted octanol–water partition coefficient (Wildman–Crippen LogP) is 1.86. The lowest BCUT2D eigenvalue weighted by molar-refractivity contribution is 0.0715. The Bertz CT molecular complexity index is 195.